The number of phenols is 1. The van der Waals surface area contributed by atoms with Crippen LogP contribution in [0.25, 0.3) is 0 Å². The Morgan fingerprint density at radius 2 is 2.19 bits per heavy atom. The predicted octanol–water partition coefficient (Wildman–Crippen LogP) is 2.87. The monoisotopic (exact) mass is 370 g/mol. The summed E-state index contributed by atoms with van der Waals surface area (Å²) < 4.78 is 2.24. The number of benzene rings is 1. The average molecular weight is 370 g/mol. The molecule has 0 spiro atoms. The van der Waals surface area contributed by atoms with Gasteiger partial charge in [-0.05, 0) is 70.6 Å². The summed E-state index contributed by atoms with van der Waals surface area (Å²) in [6, 6.07) is 5.07. The van der Waals surface area contributed by atoms with E-state index in [1.165, 1.54) is 0 Å². The maximum Gasteiger partial charge on any atom is 0.253 e. The molecule has 6 nitrogen and oxygen atoms in total. The van der Waals surface area contributed by atoms with Crippen LogP contribution in [0.5, 0.6) is 5.75 Å². The number of nitrogens with zero attached hydrogens (tertiary/aromatic N) is 4. The van der Waals surface area contributed by atoms with Crippen molar-refractivity contribution in [3.8, 4) is 5.75 Å². The van der Waals surface area contributed by atoms with Gasteiger partial charge in [0.25, 0.3) is 5.91 Å². The maximum absolute atomic E-state index is 12.9. The second-order valence-corrected chi connectivity index (χ2v) is 7.73. The zero-order valence-electron chi connectivity index (χ0n) is 16.6. The van der Waals surface area contributed by atoms with Crippen LogP contribution in [0, 0.1) is 6.92 Å². The van der Waals surface area contributed by atoms with Crippen molar-refractivity contribution in [2.75, 3.05) is 33.7 Å². The Balaban J connectivity index is 1.68. The van der Waals surface area contributed by atoms with E-state index in [-0.39, 0.29) is 17.6 Å². The fraction of sp³-hybridized carbons (Fsp3) is 0.524. The van der Waals surface area contributed by atoms with Crippen LogP contribution in [0.4, 0.5) is 0 Å². The molecule has 1 amide bonds. The van der Waals surface area contributed by atoms with Crippen molar-refractivity contribution in [1.29, 1.82) is 0 Å². The molecule has 1 fully saturated rings. The van der Waals surface area contributed by atoms with E-state index >= 15 is 0 Å². The van der Waals surface area contributed by atoms with E-state index < -0.39 is 0 Å². The first-order valence-electron chi connectivity index (χ1n) is 9.70. The van der Waals surface area contributed by atoms with Crippen LogP contribution in [-0.4, -0.2) is 64.1 Å². The number of carbonyl (C=O) groups is 1. The average Bonchev–Trinajstić information content (AvgIpc) is 3.12. The standard InChI is InChI=1S/C21H30N4O2/c1-16-14-17(7-8-19(16)26)21(27)25-11-4-6-18(15-25)20-22-9-13-24(20)12-5-10-23(2)3/h7-9,13-14,18,26H,4-6,10-12,15H2,1-3H3/t18-/m1/s1. The number of aryl methyl sites for hydroxylation is 2. The number of phenolic OH excluding ortho intramolecular Hbond substituents is 1. The summed E-state index contributed by atoms with van der Waals surface area (Å²) in [5.41, 5.74) is 1.37. The summed E-state index contributed by atoms with van der Waals surface area (Å²) in [6.45, 7) is 5.29. The van der Waals surface area contributed by atoms with Gasteiger partial charge in [0.2, 0.25) is 0 Å². The molecular weight excluding hydrogens is 340 g/mol. The summed E-state index contributed by atoms with van der Waals surface area (Å²) >= 11 is 0. The minimum atomic E-state index is 0.0357. The molecule has 2 aromatic rings. The Kier molecular flexibility index (Phi) is 6.16. The number of likely N-dealkylation sites (tertiary alicyclic amines) is 1. The molecule has 2 heterocycles. The fourth-order valence-corrected chi connectivity index (χ4v) is 3.77. The molecule has 1 aromatic carbocycles. The lowest BCUT2D eigenvalue weighted by molar-refractivity contribution is 0.0703. The van der Waals surface area contributed by atoms with Crippen molar-refractivity contribution < 1.29 is 9.90 Å². The second-order valence-electron chi connectivity index (χ2n) is 7.73. The zero-order valence-corrected chi connectivity index (χ0v) is 16.6. The normalized spacial score (nSPS) is 17.5. The van der Waals surface area contributed by atoms with Gasteiger partial charge in [-0.2, -0.15) is 0 Å². The van der Waals surface area contributed by atoms with Crippen LogP contribution < -0.4 is 0 Å². The molecule has 0 unspecified atom stereocenters. The van der Waals surface area contributed by atoms with Crippen LogP contribution in [0.1, 0.15) is 46.9 Å². The van der Waals surface area contributed by atoms with Crippen LogP contribution in [0.2, 0.25) is 0 Å². The molecule has 1 N–H and O–H groups in total. The third-order valence-corrected chi connectivity index (χ3v) is 5.27. The van der Waals surface area contributed by atoms with Gasteiger partial charge in [-0.3, -0.25) is 4.79 Å². The van der Waals surface area contributed by atoms with Crippen LogP contribution in [-0.2, 0) is 6.54 Å². The highest BCUT2D eigenvalue weighted by Crippen LogP contribution is 2.27. The molecule has 27 heavy (non-hydrogen) atoms. The third kappa shape index (κ3) is 4.69. The summed E-state index contributed by atoms with van der Waals surface area (Å²) in [4.78, 5) is 21.7. The minimum absolute atomic E-state index is 0.0357. The first kappa shape index (κ1) is 19.4. The quantitative estimate of drug-likeness (QED) is 0.849. The highest BCUT2D eigenvalue weighted by Gasteiger charge is 2.28. The lowest BCUT2D eigenvalue weighted by atomic mass is 9.96. The molecule has 0 saturated carbocycles. The second kappa shape index (κ2) is 8.57. The summed E-state index contributed by atoms with van der Waals surface area (Å²) in [5.74, 6) is 1.62. The van der Waals surface area contributed by atoms with Gasteiger partial charge in [0.05, 0.1) is 0 Å². The van der Waals surface area contributed by atoms with Gasteiger partial charge < -0.3 is 19.5 Å². The van der Waals surface area contributed by atoms with Gasteiger partial charge >= 0.3 is 0 Å². The van der Waals surface area contributed by atoms with Gasteiger partial charge in [-0.1, -0.05) is 0 Å². The Labute approximate surface area is 161 Å². The van der Waals surface area contributed by atoms with Crippen LogP contribution in [0.15, 0.2) is 30.6 Å². The van der Waals surface area contributed by atoms with Crippen molar-refractivity contribution in [2.45, 2.75) is 38.6 Å². The first-order chi connectivity index (χ1) is 13.0. The SMILES string of the molecule is Cc1cc(C(=O)N2CCC[C@@H](c3nccn3CCCN(C)C)C2)ccc1O. The van der Waals surface area contributed by atoms with Crippen LogP contribution >= 0.6 is 0 Å². The molecule has 0 radical (unpaired) electrons. The number of carbonyl (C=O) groups excluding carboxylic acids is 1. The highest BCUT2D eigenvalue weighted by atomic mass is 16.3. The molecule has 1 aliphatic rings. The molecule has 1 aliphatic heterocycles. The highest BCUT2D eigenvalue weighted by molar-refractivity contribution is 5.94. The Morgan fingerprint density at radius 1 is 1.37 bits per heavy atom. The van der Waals surface area contributed by atoms with E-state index in [4.69, 9.17) is 0 Å². The van der Waals surface area contributed by atoms with E-state index in [1.54, 1.807) is 18.2 Å². The van der Waals surface area contributed by atoms with Crippen molar-refractivity contribution in [3.63, 3.8) is 0 Å². The van der Waals surface area contributed by atoms with Gasteiger partial charge in [0, 0.05) is 43.5 Å². The largest absolute Gasteiger partial charge is 0.508 e. The number of hydrogen-bond acceptors (Lipinski definition) is 4. The molecule has 1 atom stereocenters. The van der Waals surface area contributed by atoms with Crippen molar-refractivity contribution in [3.05, 3.63) is 47.5 Å². The van der Waals surface area contributed by atoms with Gasteiger partial charge in [0.1, 0.15) is 11.6 Å². The fourth-order valence-electron chi connectivity index (χ4n) is 3.77. The Bertz CT molecular complexity index is 784. The van der Waals surface area contributed by atoms with E-state index in [2.05, 4.69) is 34.7 Å². The van der Waals surface area contributed by atoms with Crippen molar-refractivity contribution >= 4 is 5.91 Å². The van der Waals surface area contributed by atoms with Crippen molar-refractivity contribution in [1.82, 2.24) is 19.4 Å². The van der Waals surface area contributed by atoms with Gasteiger partial charge in [0.15, 0.2) is 0 Å². The topological polar surface area (TPSA) is 61.6 Å². The molecule has 6 heteroatoms. The molecular formula is C21H30N4O2. The third-order valence-electron chi connectivity index (χ3n) is 5.27. The number of amides is 1. The Hall–Kier alpha value is -2.34. The molecule has 0 aliphatic carbocycles. The number of aromatic nitrogens is 2. The maximum atomic E-state index is 12.9. The predicted molar refractivity (Wildman–Crippen MR) is 106 cm³/mol. The number of piperidine rings is 1. The summed E-state index contributed by atoms with van der Waals surface area (Å²) in [5, 5.41) is 9.70. The molecule has 146 valence electrons. The van der Waals surface area contributed by atoms with Crippen LogP contribution in [0.3, 0.4) is 0 Å². The van der Waals surface area contributed by atoms with E-state index in [0.717, 1.165) is 50.3 Å². The zero-order chi connectivity index (χ0) is 19.4. The first-order valence-corrected chi connectivity index (χ1v) is 9.70. The number of aromatic hydroxyl groups is 1. The lowest BCUT2D eigenvalue weighted by Crippen LogP contribution is -2.39. The number of hydrogen-bond donors (Lipinski definition) is 1. The number of rotatable bonds is 6. The van der Waals surface area contributed by atoms with E-state index in [0.29, 0.717) is 12.1 Å². The van der Waals surface area contributed by atoms with Gasteiger partial charge in [-0.15, -0.1) is 0 Å². The molecule has 1 aromatic heterocycles. The van der Waals surface area contributed by atoms with E-state index in [9.17, 15) is 9.90 Å². The van der Waals surface area contributed by atoms with Crippen molar-refractivity contribution in [2.24, 2.45) is 0 Å². The van der Waals surface area contributed by atoms with Gasteiger partial charge in [-0.25, -0.2) is 4.98 Å². The minimum Gasteiger partial charge on any atom is -0.508 e. The lowest BCUT2D eigenvalue weighted by Gasteiger charge is -2.33. The summed E-state index contributed by atoms with van der Waals surface area (Å²) in [6.07, 6.45) is 7.05. The smallest absolute Gasteiger partial charge is 0.253 e. The number of imidazole rings is 1. The molecule has 3 rings (SSSR count). The Morgan fingerprint density at radius 3 is 2.93 bits per heavy atom. The molecule has 0 bridgehead atoms. The molecule has 1 saturated heterocycles. The van der Waals surface area contributed by atoms with E-state index in [1.807, 2.05) is 18.0 Å². The summed E-state index contributed by atoms with van der Waals surface area (Å²) in [7, 11) is 4.18.